The molecule has 20 heavy (non-hydrogen) atoms. The quantitative estimate of drug-likeness (QED) is 0.865. The van der Waals surface area contributed by atoms with E-state index in [0.717, 1.165) is 32.6 Å². The van der Waals surface area contributed by atoms with Gasteiger partial charge in [0, 0.05) is 38.3 Å². The summed E-state index contributed by atoms with van der Waals surface area (Å²) in [7, 11) is 0. The fourth-order valence-corrected chi connectivity index (χ4v) is 2.86. The molecule has 0 bridgehead atoms. The monoisotopic (exact) mass is 278 g/mol. The molecule has 5 heteroatoms. The van der Waals surface area contributed by atoms with E-state index in [1.807, 2.05) is 31.3 Å². The number of hydrogen-bond donors (Lipinski definition) is 1. The Bertz CT molecular complexity index is 419. The summed E-state index contributed by atoms with van der Waals surface area (Å²) in [5.41, 5.74) is 1.22. The van der Waals surface area contributed by atoms with Crippen LogP contribution in [0.1, 0.15) is 51.3 Å². The Morgan fingerprint density at radius 2 is 2.25 bits per heavy atom. The summed E-state index contributed by atoms with van der Waals surface area (Å²) >= 11 is 0. The van der Waals surface area contributed by atoms with E-state index < -0.39 is 0 Å². The summed E-state index contributed by atoms with van der Waals surface area (Å²) < 4.78 is 2.13. The molecule has 2 rings (SSSR count). The van der Waals surface area contributed by atoms with E-state index in [9.17, 15) is 4.79 Å². The van der Waals surface area contributed by atoms with Gasteiger partial charge in [-0.2, -0.15) is 0 Å². The SMILES string of the molecule is CCN(CC)C(=O)CCn1cncc1C1CCCCN1. The molecule has 1 fully saturated rings. The van der Waals surface area contributed by atoms with E-state index in [-0.39, 0.29) is 5.91 Å². The zero-order valence-corrected chi connectivity index (χ0v) is 12.6. The highest BCUT2D eigenvalue weighted by molar-refractivity contribution is 5.76. The van der Waals surface area contributed by atoms with Crippen LogP contribution in [-0.2, 0) is 11.3 Å². The molecule has 1 aromatic rings. The van der Waals surface area contributed by atoms with E-state index in [2.05, 4.69) is 14.9 Å². The van der Waals surface area contributed by atoms with E-state index >= 15 is 0 Å². The molecule has 1 amide bonds. The van der Waals surface area contributed by atoms with Gasteiger partial charge in [-0.1, -0.05) is 6.42 Å². The van der Waals surface area contributed by atoms with Crippen LogP contribution in [0.15, 0.2) is 12.5 Å². The van der Waals surface area contributed by atoms with Gasteiger partial charge in [0.15, 0.2) is 0 Å². The van der Waals surface area contributed by atoms with Gasteiger partial charge < -0.3 is 14.8 Å². The van der Waals surface area contributed by atoms with Gasteiger partial charge in [-0.3, -0.25) is 4.79 Å². The Hall–Kier alpha value is -1.36. The average molecular weight is 278 g/mol. The first-order chi connectivity index (χ1) is 9.76. The molecule has 0 radical (unpaired) electrons. The molecule has 1 aliphatic heterocycles. The van der Waals surface area contributed by atoms with Crippen molar-refractivity contribution in [2.45, 2.75) is 52.1 Å². The Morgan fingerprint density at radius 3 is 2.90 bits per heavy atom. The highest BCUT2D eigenvalue weighted by Crippen LogP contribution is 2.22. The molecule has 0 aromatic carbocycles. The van der Waals surface area contributed by atoms with Crippen LogP contribution in [0.5, 0.6) is 0 Å². The van der Waals surface area contributed by atoms with Gasteiger partial charge in [-0.05, 0) is 33.2 Å². The average Bonchev–Trinajstić information content (AvgIpc) is 2.95. The number of hydrogen-bond acceptors (Lipinski definition) is 3. The first-order valence-corrected chi connectivity index (χ1v) is 7.77. The fourth-order valence-electron chi connectivity index (χ4n) is 2.86. The minimum Gasteiger partial charge on any atom is -0.343 e. The molecule has 1 atom stereocenters. The molecule has 1 saturated heterocycles. The number of carbonyl (C=O) groups is 1. The Morgan fingerprint density at radius 1 is 1.45 bits per heavy atom. The van der Waals surface area contributed by atoms with E-state index in [1.165, 1.54) is 18.5 Å². The zero-order chi connectivity index (χ0) is 14.4. The summed E-state index contributed by atoms with van der Waals surface area (Å²) in [5.74, 6) is 0.228. The van der Waals surface area contributed by atoms with Gasteiger partial charge in [0.05, 0.1) is 12.0 Å². The van der Waals surface area contributed by atoms with Gasteiger partial charge in [-0.15, -0.1) is 0 Å². The maximum absolute atomic E-state index is 12.1. The number of rotatable bonds is 6. The van der Waals surface area contributed by atoms with Crippen molar-refractivity contribution in [1.82, 2.24) is 19.8 Å². The fraction of sp³-hybridized carbons (Fsp3) is 0.733. The van der Waals surface area contributed by atoms with Crippen molar-refractivity contribution >= 4 is 5.91 Å². The highest BCUT2D eigenvalue weighted by Gasteiger charge is 2.19. The topological polar surface area (TPSA) is 50.2 Å². The standard InChI is InChI=1S/C15H26N4O/c1-3-18(4-2)15(20)8-10-19-12-16-11-14(19)13-7-5-6-9-17-13/h11-13,17H,3-10H2,1-2H3. The van der Waals surface area contributed by atoms with Crippen LogP contribution in [0.3, 0.4) is 0 Å². The first kappa shape index (κ1) is 15.0. The van der Waals surface area contributed by atoms with E-state index in [1.54, 1.807) is 0 Å². The smallest absolute Gasteiger partial charge is 0.224 e. The lowest BCUT2D eigenvalue weighted by Crippen LogP contribution is -2.32. The van der Waals surface area contributed by atoms with Gasteiger partial charge in [-0.25, -0.2) is 4.98 Å². The number of aromatic nitrogens is 2. The van der Waals surface area contributed by atoms with Crippen LogP contribution >= 0.6 is 0 Å². The lowest BCUT2D eigenvalue weighted by Gasteiger charge is -2.25. The lowest BCUT2D eigenvalue weighted by molar-refractivity contribution is -0.131. The summed E-state index contributed by atoms with van der Waals surface area (Å²) in [6, 6.07) is 0.398. The van der Waals surface area contributed by atoms with Crippen molar-refractivity contribution in [3.8, 4) is 0 Å². The number of imidazole rings is 1. The van der Waals surface area contributed by atoms with Crippen LogP contribution in [0.2, 0.25) is 0 Å². The normalized spacial score (nSPS) is 19.0. The third-order valence-electron chi connectivity index (χ3n) is 4.09. The van der Waals surface area contributed by atoms with Crippen molar-refractivity contribution in [2.75, 3.05) is 19.6 Å². The maximum Gasteiger partial charge on any atom is 0.224 e. The number of aryl methyl sites for hydroxylation is 1. The predicted molar refractivity (Wildman–Crippen MR) is 79.4 cm³/mol. The third kappa shape index (κ3) is 3.60. The molecular weight excluding hydrogens is 252 g/mol. The number of nitrogens with one attached hydrogen (secondary N) is 1. The summed E-state index contributed by atoms with van der Waals surface area (Å²) in [6.45, 7) is 7.43. The molecule has 1 aliphatic rings. The van der Waals surface area contributed by atoms with Crippen LogP contribution in [-0.4, -0.2) is 40.0 Å². The molecule has 1 N–H and O–H groups in total. The van der Waals surface area contributed by atoms with Crippen LogP contribution in [0, 0.1) is 0 Å². The van der Waals surface area contributed by atoms with Crippen molar-refractivity contribution in [3.63, 3.8) is 0 Å². The molecule has 112 valence electrons. The van der Waals surface area contributed by atoms with Crippen molar-refractivity contribution in [1.29, 1.82) is 0 Å². The molecule has 0 saturated carbocycles. The molecule has 0 spiro atoms. The third-order valence-corrected chi connectivity index (χ3v) is 4.09. The lowest BCUT2D eigenvalue weighted by atomic mass is 10.0. The van der Waals surface area contributed by atoms with E-state index in [4.69, 9.17) is 0 Å². The number of piperidine rings is 1. The molecular formula is C15H26N4O. The number of amides is 1. The van der Waals surface area contributed by atoms with Crippen LogP contribution in [0.25, 0.3) is 0 Å². The first-order valence-electron chi connectivity index (χ1n) is 7.77. The minimum atomic E-state index is 0.228. The van der Waals surface area contributed by atoms with Crippen molar-refractivity contribution < 1.29 is 4.79 Å². The van der Waals surface area contributed by atoms with Crippen molar-refractivity contribution in [3.05, 3.63) is 18.2 Å². The Labute approximate surface area is 121 Å². The number of nitrogens with zero attached hydrogens (tertiary/aromatic N) is 3. The Kier molecular flexibility index (Phi) is 5.59. The van der Waals surface area contributed by atoms with Crippen molar-refractivity contribution in [2.24, 2.45) is 0 Å². The molecule has 1 unspecified atom stereocenters. The second-order valence-electron chi connectivity index (χ2n) is 5.33. The van der Waals surface area contributed by atoms with Crippen LogP contribution < -0.4 is 5.32 Å². The van der Waals surface area contributed by atoms with Gasteiger partial charge in [0.25, 0.3) is 0 Å². The Balaban J connectivity index is 1.93. The van der Waals surface area contributed by atoms with Crippen LogP contribution in [0.4, 0.5) is 0 Å². The summed E-state index contributed by atoms with van der Waals surface area (Å²) in [5, 5.41) is 3.54. The molecule has 2 heterocycles. The second kappa shape index (κ2) is 7.43. The minimum absolute atomic E-state index is 0.228. The number of carbonyl (C=O) groups excluding carboxylic acids is 1. The summed E-state index contributed by atoms with van der Waals surface area (Å²) in [6.07, 6.45) is 8.02. The highest BCUT2D eigenvalue weighted by atomic mass is 16.2. The largest absolute Gasteiger partial charge is 0.343 e. The maximum atomic E-state index is 12.1. The van der Waals surface area contributed by atoms with Gasteiger partial charge in [0.1, 0.15) is 0 Å². The van der Waals surface area contributed by atoms with Gasteiger partial charge in [0.2, 0.25) is 5.91 Å². The predicted octanol–water partition coefficient (Wildman–Crippen LogP) is 1.96. The summed E-state index contributed by atoms with van der Waals surface area (Å²) in [4.78, 5) is 18.2. The molecule has 0 aliphatic carbocycles. The van der Waals surface area contributed by atoms with E-state index in [0.29, 0.717) is 12.5 Å². The molecule has 1 aromatic heterocycles. The van der Waals surface area contributed by atoms with Gasteiger partial charge >= 0.3 is 0 Å². The second-order valence-corrected chi connectivity index (χ2v) is 5.33. The zero-order valence-electron chi connectivity index (χ0n) is 12.6. The molecule has 5 nitrogen and oxygen atoms in total.